The van der Waals surface area contributed by atoms with Crippen LogP contribution in [0.2, 0.25) is 0 Å². The van der Waals surface area contributed by atoms with Crippen molar-refractivity contribution in [1.82, 2.24) is 9.97 Å². The summed E-state index contributed by atoms with van der Waals surface area (Å²) in [4.78, 5) is 9.04. The smallest absolute Gasteiger partial charge is 0.161 e. The van der Waals surface area contributed by atoms with Crippen molar-refractivity contribution in [3.8, 4) is 17.1 Å². The molecule has 1 heterocycles. The molecule has 98 valence electrons. The first-order valence-corrected chi connectivity index (χ1v) is 6.69. The van der Waals surface area contributed by atoms with Gasteiger partial charge in [0.25, 0.3) is 0 Å². The Bertz CT molecular complexity index is 610. The normalized spacial score (nSPS) is 14.7. The minimum Gasteiger partial charge on any atom is -0.508 e. The zero-order chi connectivity index (χ0) is 13.2. The third kappa shape index (κ3) is 2.38. The van der Waals surface area contributed by atoms with E-state index < -0.39 is 0 Å². The Morgan fingerprint density at radius 1 is 1.05 bits per heavy atom. The van der Waals surface area contributed by atoms with E-state index in [1.54, 1.807) is 18.2 Å². The van der Waals surface area contributed by atoms with Crippen molar-refractivity contribution < 1.29 is 5.11 Å². The molecular weight excluding hydrogens is 238 g/mol. The van der Waals surface area contributed by atoms with Gasteiger partial charge in [-0.25, -0.2) is 9.97 Å². The van der Waals surface area contributed by atoms with Crippen molar-refractivity contribution in [3.05, 3.63) is 35.5 Å². The average Bonchev–Trinajstić information content (AvgIpc) is 2.64. The van der Waals surface area contributed by atoms with Crippen LogP contribution in [0.3, 0.4) is 0 Å². The van der Waals surface area contributed by atoms with Crippen molar-refractivity contribution in [2.75, 3.05) is 5.73 Å². The number of phenolic OH excluding ortho intramolecular Hbond substituents is 1. The standard InChI is InChI=1S/C15H17N3O/c16-14-12-7-2-1-3-8-13(12)17-15(18-14)10-5-4-6-11(19)9-10/h4-6,9,19H,1-3,7-8H2,(H2,16,17,18). The number of nitrogens with zero attached hydrogens (tertiary/aromatic N) is 2. The summed E-state index contributed by atoms with van der Waals surface area (Å²) in [5.74, 6) is 1.41. The monoisotopic (exact) mass is 255 g/mol. The molecule has 3 N–H and O–H groups in total. The molecule has 0 atom stereocenters. The van der Waals surface area contributed by atoms with E-state index in [1.165, 1.54) is 6.42 Å². The van der Waals surface area contributed by atoms with Crippen LogP contribution >= 0.6 is 0 Å². The molecule has 2 aromatic rings. The van der Waals surface area contributed by atoms with Gasteiger partial charge in [0.2, 0.25) is 0 Å². The van der Waals surface area contributed by atoms with Crippen LogP contribution in [-0.2, 0) is 12.8 Å². The van der Waals surface area contributed by atoms with Crippen molar-refractivity contribution in [3.63, 3.8) is 0 Å². The second kappa shape index (κ2) is 4.88. The zero-order valence-electron chi connectivity index (χ0n) is 10.8. The van der Waals surface area contributed by atoms with Crippen LogP contribution in [0.15, 0.2) is 24.3 Å². The Morgan fingerprint density at radius 3 is 2.74 bits per heavy atom. The number of rotatable bonds is 1. The van der Waals surface area contributed by atoms with E-state index in [4.69, 9.17) is 5.73 Å². The summed E-state index contributed by atoms with van der Waals surface area (Å²) in [7, 11) is 0. The number of benzene rings is 1. The quantitative estimate of drug-likeness (QED) is 0.768. The molecule has 0 fully saturated rings. The molecule has 0 aliphatic heterocycles. The lowest BCUT2D eigenvalue weighted by atomic mass is 10.1. The molecule has 1 aromatic carbocycles. The molecule has 0 amide bonds. The Morgan fingerprint density at radius 2 is 1.89 bits per heavy atom. The number of hydrogen-bond donors (Lipinski definition) is 2. The topological polar surface area (TPSA) is 72.0 Å². The van der Waals surface area contributed by atoms with Gasteiger partial charge in [0.1, 0.15) is 11.6 Å². The van der Waals surface area contributed by atoms with Gasteiger partial charge in [-0.1, -0.05) is 18.6 Å². The number of aryl methyl sites for hydroxylation is 1. The fraction of sp³-hybridized carbons (Fsp3) is 0.333. The number of nitrogen functional groups attached to an aromatic ring is 1. The molecule has 0 radical (unpaired) electrons. The Kier molecular flexibility index (Phi) is 3.07. The largest absolute Gasteiger partial charge is 0.508 e. The Labute approximate surface area is 112 Å². The molecule has 3 rings (SSSR count). The highest BCUT2D eigenvalue weighted by molar-refractivity contribution is 5.60. The van der Waals surface area contributed by atoms with E-state index in [0.717, 1.165) is 42.5 Å². The van der Waals surface area contributed by atoms with Gasteiger partial charge in [0.15, 0.2) is 5.82 Å². The highest BCUT2D eigenvalue weighted by Gasteiger charge is 2.15. The van der Waals surface area contributed by atoms with Crippen molar-refractivity contribution >= 4 is 5.82 Å². The van der Waals surface area contributed by atoms with E-state index in [1.807, 2.05) is 6.07 Å². The van der Waals surface area contributed by atoms with Crippen LogP contribution in [0.5, 0.6) is 5.75 Å². The van der Waals surface area contributed by atoms with E-state index in [9.17, 15) is 5.11 Å². The van der Waals surface area contributed by atoms with Crippen LogP contribution in [0.4, 0.5) is 5.82 Å². The fourth-order valence-electron chi connectivity index (χ4n) is 2.57. The lowest BCUT2D eigenvalue weighted by Gasteiger charge is -2.10. The number of fused-ring (bicyclic) bond motifs is 1. The maximum Gasteiger partial charge on any atom is 0.161 e. The second-order valence-electron chi connectivity index (χ2n) is 4.97. The molecule has 1 aromatic heterocycles. The Balaban J connectivity index is 2.09. The number of anilines is 1. The van der Waals surface area contributed by atoms with Gasteiger partial charge in [-0.2, -0.15) is 0 Å². The minimum atomic E-state index is 0.217. The summed E-state index contributed by atoms with van der Waals surface area (Å²) >= 11 is 0. The van der Waals surface area contributed by atoms with Gasteiger partial charge in [-0.3, -0.25) is 0 Å². The van der Waals surface area contributed by atoms with Gasteiger partial charge >= 0.3 is 0 Å². The molecule has 4 nitrogen and oxygen atoms in total. The first-order valence-electron chi connectivity index (χ1n) is 6.69. The maximum atomic E-state index is 9.54. The van der Waals surface area contributed by atoms with Crippen LogP contribution in [0, 0.1) is 0 Å². The van der Waals surface area contributed by atoms with Gasteiger partial charge in [-0.15, -0.1) is 0 Å². The number of nitrogens with two attached hydrogens (primary N) is 1. The summed E-state index contributed by atoms with van der Waals surface area (Å²) in [6.45, 7) is 0. The summed E-state index contributed by atoms with van der Waals surface area (Å²) in [5.41, 5.74) is 9.06. The molecule has 0 spiro atoms. The third-order valence-corrected chi connectivity index (χ3v) is 3.57. The predicted octanol–water partition coefficient (Wildman–Crippen LogP) is 2.70. The number of hydrogen-bond acceptors (Lipinski definition) is 4. The predicted molar refractivity (Wildman–Crippen MR) is 74.8 cm³/mol. The Hall–Kier alpha value is -2.10. The fourth-order valence-corrected chi connectivity index (χ4v) is 2.57. The van der Waals surface area contributed by atoms with E-state index in [2.05, 4.69) is 9.97 Å². The van der Waals surface area contributed by atoms with E-state index in [0.29, 0.717) is 11.6 Å². The van der Waals surface area contributed by atoms with Crippen LogP contribution in [0.1, 0.15) is 30.5 Å². The van der Waals surface area contributed by atoms with Crippen molar-refractivity contribution in [1.29, 1.82) is 0 Å². The van der Waals surface area contributed by atoms with E-state index in [-0.39, 0.29) is 5.75 Å². The number of phenols is 1. The first-order chi connectivity index (χ1) is 9.24. The van der Waals surface area contributed by atoms with Gasteiger partial charge in [0, 0.05) is 16.8 Å². The van der Waals surface area contributed by atoms with Gasteiger partial charge < -0.3 is 10.8 Å². The summed E-state index contributed by atoms with van der Waals surface area (Å²) in [6, 6.07) is 6.97. The van der Waals surface area contributed by atoms with Crippen molar-refractivity contribution in [2.24, 2.45) is 0 Å². The highest BCUT2D eigenvalue weighted by Crippen LogP contribution is 2.27. The van der Waals surface area contributed by atoms with Crippen LogP contribution < -0.4 is 5.73 Å². The van der Waals surface area contributed by atoms with Crippen LogP contribution in [0.25, 0.3) is 11.4 Å². The maximum absolute atomic E-state index is 9.54. The molecule has 0 saturated carbocycles. The van der Waals surface area contributed by atoms with E-state index >= 15 is 0 Å². The molecule has 19 heavy (non-hydrogen) atoms. The number of aromatic nitrogens is 2. The molecule has 0 saturated heterocycles. The minimum absolute atomic E-state index is 0.217. The highest BCUT2D eigenvalue weighted by atomic mass is 16.3. The van der Waals surface area contributed by atoms with Gasteiger partial charge in [0.05, 0.1) is 0 Å². The zero-order valence-corrected chi connectivity index (χ0v) is 10.8. The van der Waals surface area contributed by atoms with Crippen LogP contribution in [-0.4, -0.2) is 15.1 Å². The molecule has 0 bridgehead atoms. The summed E-state index contributed by atoms with van der Waals surface area (Å²) < 4.78 is 0. The first kappa shape index (κ1) is 12.0. The molecule has 0 unspecified atom stereocenters. The lowest BCUT2D eigenvalue weighted by Crippen LogP contribution is -2.06. The molecule has 1 aliphatic carbocycles. The summed E-state index contributed by atoms with van der Waals surface area (Å²) in [6.07, 6.45) is 5.47. The summed E-state index contributed by atoms with van der Waals surface area (Å²) in [5, 5.41) is 9.54. The van der Waals surface area contributed by atoms with Gasteiger partial charge in [-0.05, 0) is 37.8 Å². The average molecular weight is 255 g/mol. The molecular formula is C15H17N3O. The second-order valence-corrected chi connectivity index (χ2v) is 4.97. The molecule has 4 heteroatoms. The van der Waals surface area contributed by atoms with Crippen molar-refractivity contribution in [2.45, 2.75) is 32.1 Å². The lowest BCUT2D eigenvalue weighted by molar-refractivity contribution is 0.475. The SMILES string of the molecule is Nc1nc(-c2cccc(O)c2)nc2c1CCCCC2. The molecule has 1 aliphatic rings. The number of aromatic hydroxyl groups is 1. The third-order valence-electron chi connectivity index (χ3n) is 3.57.